The van der Waals surface area contributed by atoms with Gasteiger partial charge in [-0.25, -0.2) is 0 Å². The van der Waals surface area contributed by atoms with Gasteiger partial charge in [-0.1, -0.05) is 0 Å². The van der Waals surface area contributed by atoms with Gasteiger partial charge in [0.15, 0.2) is 0 Å². The standard InChI is InChI=1S/C12H22N2/c1-11(13)5-2-8-14(11)12-6-3-10(9-12)4-7-12/h10H,2-9,13H2,1H3. The van der Waals surface area contributed by atoms with E-state index in [0.717, 1.165) is 5.92 Å². The Bertz CT molecular complexity index is 239. The molecule has 14 heavy (non-hydrogen) atoms. The van der Waals surface area contributed by atoms with Gasteiger partial charge in [-0.05, 0) is 57.8 Å². The van der Waals surface area contributed by atoms with E-state index in [1.165, 1.54) is 51.5 Å². The minimum absolute atomic E-state index is 0.000764. The second kappa shape index (κ2) is 2.73. The highest BCUT2D eigenvalue weighted by Crippen LogP contribution is 2.53. The molecule has 0 spiro atoms. The van der Waals surface area contributed by atoms with Gasteiger partial charge in [-0.2, -0.15) is 0 Å². The topological polar surface area (TPSA) is 29.3 Å². The normalized spacial score (nSPS) is 53.1. The molecule has 1 aliphatic heterocycles. The smallest absolute Gasteiger partial charge is 0.0663 e. The SMILES string of the molecule is CC1(N)CCCN1C12CCC(CC1)C2. The van der Waals surface area contributed by atoms with Gasteiger partial charge >= 0.3 is 0 Å². The lowest BCUT2D eigenvalue weighted by Gasteiger charge is -2.45. The van der Waals surface area contributed by atoms with Crippen LogP contribution in [0.15, 0.2) is 0 Å². The molecule has 2 heteroatoms. The Labute approximate surface area is 86.8 Å². The lowest BCUT2D eigenvalue weighted by Crippen LogP contribution is -2.58. The van der Waals surface area contributed by atoms with Crippen molar-refractivity contribution in [2.75, 3.05) is 6.54 Å². The highest BCUT2D eigenvalue weighted by atomic mass is 15.3. The molecular formula is C12H22N2. The quantitative estimate of drug-likeness (QED) is 0.692. The van der Waals surface area contributed by atoms with Gasteiger partial charge in [0, 0.05) is 12.1 Å². The second-order valence-corrected chi connectivity index (χ2v) is 5.98. The van der Waals surface area contributed by atoms with E-state index in [1.807, 2.05) is 0 Å². The third kappa shape index (κ3) is 1.10. The van der Waals surface area contributed by atoms with E-state index < -0.39 is 0 Å². The maximum atomic E-state index is 6.41. The summed E-state index contributed by atoms with van der Waals surface area (Å²) in [5.41, 5.74) is 6.94. The van der Waals surface area contributed by atoms with Crippen LogP contribution >= 0.6 is 0 Å². The first-order chi connectivity index (χ1) is 6.62. The molecule has 0 aromatic heterocycles. The fraction of sp³-hybridized carbons (Fsp3) is 1.00. The second-order valence-electron chi connectivity index (χ2n) is 5.98. The molecule has 80 valence electrons. The Hall–Kier alpha value is -0.0800. The molecule has 2 N–H and O–H groups in total. The van der Waals surface area contributed by atoms with E-state index in [-0.39, 0.29) is 5.66 Å². The van der Waals surface area contributed by atoms with Crippen molar-refractivity contribution in [2.45, 2.75) is 63.1 Å². The van der Waals surface area contributed by atoms with Crippen LogP contribution in [0.25, 0.3) is 0 Å². The van der Waals surface area contributed by atoms with Crippen LogP contribution in [0, 0.1) is 5.92 Å². The summed E-state index contributed by atoms with van der Waals surface area (Å²) >= 11 is 0. The van der Waals surface area contributed by atoms with Crippen LogP contribution in [-0.4, -0.2) is 22.6 Å². The van der Waals surface area contributed by atoms with Gasteiger partial charge in [0.25, 0.3) is 0 Å². The van der Waals surface area contributed by atoms with Gasteiger partial charge < -0.3 is 5.73 Å². The molecule has 3 rings (SSSR count). The highest BCUT2D eigenvalue weighted by Gasteiger charge is 2.53. The predicted octanol–water partition coefficient (Wildman–Crippen LogP) is 2.09. The van der Waals surface area contributed by atoms with Crippen molar-refractivity contribution in [1.29, 1.82) is 0 Å². The van der Waals surface area contributed by atoms with E-state index in [4.69, 9.17) is 5.73 Å². The first-order valence-corrected chi connectivity index (χ1v) is 6.19. The van der Waals surface area contributed by atoms with Crippen molar-refractivity contribution in [3.05, 3.63) is 0 Å². The molecule has 0 aromatic rings. The largest absolute Gasteiger partial charge is 0.313 e. The Morgan fingerprint density at radius 3 is 2.36 bits per heavy atom. The number of nitrogens with zero attached hydrogens (tertiary/aromatic N) is 1. The zero-order valence-electron chi connectivity index (χ0n) is 9.26. The summed E-state index contributed by atoms with van der Waals surface area (Å²) in [5.74, 6) is 1.03. The Morgan fingerprint density at radius 1 is 1.21 bits per heavy atom. The molecule has 2 bridgehead atoms. The molecule has 2 saturated carbocycles. The van der Waals surface area contributed by atoms with Crippen LogP contribution in [0.3, 0.4) is 0 Å². The lowest BCUT2D eigenvalue weighted by atomic mass is 9.90. The zero-order chi connectivity index (χ0) is 9.81. The Balaban J connectivity index is 1.87. The molecule has 0 aromatic carbocycles. The van der Waals surface area contributed by atoms with Crippen molar-refractivity contribution >= 4 is 0 Å². The fourth-order valence-electron chi connectivity index (χ4n) is 4.31. The summed E-state index contributed by atoms with van der Waals surface area (Å²) in [5, 5.41) is 0. The van der Waals surface area contributed by atoms with Crippen LogP contribution in [0.4, 0.5) is 0 Å². The van der Waals surface area contributed by atoms with Gasteiger partial charge in [-0.15, -0.1) is 0 Å². The van der Waals surface area contributed by atoms with Crippen molar-refractivity contribution in [2.24, 2.45) is 11.7 Å². The molecule has 1 atom stereocenters. The van der Waals surface area contributed by atoms with Gasteiger partial charge in [0.1, 0.15) is 0 Å². The maximum absolute atomic E-state index is 6.41. The summed E-state index contributed by atoms with van der Waals surface area (Å²) in [4.78, 5) is 2.66. The average Bonchev–Trinajstić information content (AvgIpc) is 2.77. The molecule has 3 aliphatic rings. The third-order valence-electron chi connectivity index (χ3n) is 4.96. The van der Waals surface area contributed by atoms with Crippen molar-refractivity contribution < 1.29 is 0 Å². The fourth-order valence-corrected chi connectivity index (χ4v) is 4.31. The molecule has 1 unspecified atom stereocenters. The summed E-state index contributed by atoms with van der Waals surface area (Å²) in [6.07, 6.45) is 9.71. The molecule has 1 heterocycles. The Morgan fingerprint density at radius 2 is 1.93 bits per heavy atom. The first-order valence-electron chi connectivity index (χ1n) is 6.19. The summed E-state index contributed by atoms with van der Waals surface area (Å²) < 4.78 is 0. The number of hydrogen-bond donors (Lipinski definition) is 1. The van der Waals surface area contributed by atoms with Crippen molar-refractivity contribution in [3.63, 3.8) is 0 Å². The zero-order valence-corrected chi connectivity index (χ0v) is 9.26. The minimum atomic E-state index is -0.000764. The van der Waals surface area contributed by atoms with Crippen LogP contribution in [0.5, 0.6) is 0 Å². The van der Waals surface area contributed by atoms with E-state index >= 15 is 0 Å². The van der Waals surface area contributed by atoms with E-state index in [9.17, 15) is 0 Å². The molecule has 1 saturated heterocycles. The first kappa shape index (κ1) is 9.17. The van der Waals surface area contributed by atoms with Crippen LogP contribution in [0.2, 0.25) is 0 Å². The molecular weight excluding hydrogens is 172 g/mol. The summed E-state index contributed by atoms with van der Waals surface area (Å²) in [7, 11) is 0. The minimum Gasteiger partial charge on any atom is -0.313 e. The van der Waals surface area contributed by atoms with Gasteiger partial charge in [0.05, 0.1) is 5.66 Å². The molecule has 2 aliphatic carbocycles. The van der Waals surface area contributed by atoms with Gasteiger partial charge in [-0.3, -0.25) is 4.90 Å². The van der Waals surface area contributed by atoms with Crippen LogP contribution in [0.1, 0.15) is 51.9 Å². The number of likely N-dealkylation sites (tertiary alicyclic amines) is 1. The molecule has 0 radical (unpaired) electrons. The monoisotopic (exact) mass is 194 g/mol. The van der Waals surface area contributed by atoms with Gasteiger partial charge in [0.2, 0.25) is 0 Å². The van der Waals surface area contributed by atoms with Crippen molar-refractivity contribution in [1.82, 2.24) is 4.90 Å². The third-order valence-corrected chi connectivity index (χ3v) is 4.96. The number of fused-ring (bicyclic) bond motifs is 2. The van der Waals surface area contributed by atoms with E-state index in [2.05, 4.69) is 11.8 Å². The molecule has 2 nitrogen and oxygen atoms in total. The van der Waals surface area contributed by atoms with Crippen LogP contribution < -0.4 is 5.73 Å². The van der Waals surface area contributed by atoms with E-state index in [0.29, 0.717) is 5.54 Å². The predicted molar refractivity (Wildman–Crippen MR) is 57.8 cm³/mol. The highest BCUT2D eigenvalue weighted by molar-refractivity contribution is 5.08. The molecule has 3 fully saturated rings. The number of hydrogen-bond acceptors (Lipinski definition) is 2. The number of rotatable bonds is 1. The average molecular weight is 194 g/mol. The lowest BCUT2D eigenvalue weighted by molar-refractivity contribution is 0.0289. The summed E-state index contributed by atoms with van der Waals surface area (Å²) in [6.45, 7) is 3.49. The maximum Gasteiger partial charge on any atom is 0.0663 e. The van der Waals surface area contributed by atoms with E-state index in [1.54, 1.807) is 0 Å². The Kier molecular flexibility index (Phi) is 1.79. The van der Waals surface area contributed by atoms with Crippen molar-refractivity contribution in [3.8, 4) is 0 Å². The summed E-state index contributed by atoms with van der Waals surface area (Å²) in [6, 6.07) is 0. The number of nitrogens with two attached hydrogens (primary N) is 1. The molecule has 0 amide bonds. The van der Waals surface area contributed by atoms with Crippen LogP contribution in [-0.2, 0) is 0 Å².